The first-order valence-electron chi connectivity index (χ1n) is 9.44. The zero-order valence-electron chi connectivity index (χ0n) is 15.7. The van der Waals surface area contributed by atoms with E-state index < -0.39 is 11.9 Å². The molecule has 1 aromatic rings. The molecule has 0 radical (unpaired) electrons. The SMILES string of the molecule is CC(C)(CNC(=O)N1CCCC(C(=O)O)C1)N1CCc2ccccc2C1. The molecule has 0 aliphatic carbocycles. The number of nitrogens with zero attached hydrogens (tertiary/aromatic N) is 2. The van der Waals surface area contributed by atoms with Gasteiger partial charge in [0.2, 0.25) is 0 Å². The smallest absolute Gasteiger partial charge is 0.317 e. The van der Waals surface area contributed by atoms with Crippen LogP contribution in [0.4, 0.5) is 4.79 Å². The van der Waals surface area contributed by atoms with Gasteiger partial charge in [-0.2, -0.15) is 0 Å². The second kappa shape index (κ2) is 7.66. The summed E-state index contributed by atoms with van der Waals surface area (Å²) in [4.78, 5) is 27.7. The first kappa shape index (κ1) is 18.7. The van der Waals surface area contributed by atoms with Gasteiger partial charge in [-0.05, 0) is 44.2 Å². The normalized spacial score (nSPS) is 21.2. The van der Waals surface area contributed by atoms with Gasteiger partial charge in [-0.15, -0.1) is 0 Å². The molecule has 1 fully saturated rings. The van der Waals surface area contributed by atoms with Gasteiger partial charge in [-0.1, -0.05) is 24.3 Å². The second-order valence-corrected chi connectivity index (χ2v) is 8.03. The van der Waals surface area contributed by atoms with Crippen molar-refractivity contribution < 1.29 is 14.7 Å². The van der Waals surface area contributed by atoms with Crippen molar-refractivity contribution in [1.29, 1.82) is 0 Å². The number of aliphatic carboxylic acids is 1. The van der Waals surface area contributed by atoms with E-state index in [-0.39, 0.29) is 11.6 Å². The molecule has 3 rings (SSSR count). The zero-order valence-corrected chi connectivity index (χ0v) is 15.7. The van der Waals surface area contributed by atoms with Crippen LogP contribution in [-0.2, 0) is 17.8 Å². The molecule has 142 valence electrons. The molecule has 0 bridgehead atoms. The highest BCUT2D eigenvalue weighted by atomic mass is 16.4. The fourth-order valence-electron chi connectivity index (χ4n) is 3.89. The minimum Gasteiger partial charge on any atom is -0.481 e. The van der Waals surface area contributed by atoms with Crippen molar-refractivity contribution >= 4 is 12.0 Å². The predicted molar refractivity (Wildman–Crippen MR) is 100.0 cm³/mol. The Morgan fingerprint density at radius 2 is 1.96 bits per heavy atom. The molecule has 2 amide bonds. The van der Waals surface area contributed by atoms with E-state index in [2.05, 4.69) is 48.3 Å². The van der Waals surface area contributed by atoms with Crippen molar-refractivity contribution in [2.75, 3.05) is 26.2 Å². The summed E-state index contributed by atoms with van der Waals surface area (Å²) in [7, 11) is 0. The number of carboxylic acids is 1. The van der Waals surface area contributed by atoms with Gasteiger partial charge in [0.25, 0.3) is 0 Å². The van der Waals surface area contributed by atoms with E-state index >= 15 is 0 Å². The Bertz CT molecular complexity index is 674. The van der Waals surface area contributed by atoms with Gasteiger partial charge < -0.3 is 15.3 Å². The highest BCUT2D eigenvalue weighted by Crippen LogP contribution is 2.25. The number of nitrogens with one attached hydrogen (secondary N) is 1. The summed E-state index contributed by atoms with van der Waals surface area (Å²) in [5, 5.41) is 12.2. The summed E-state index contributed by atoms with van der Waals surface area (Å²) < 4.78 is 0. The number of hydrogen-bond donors (Lipinski definition) is 2. The number of carbonyl (C=O) groups excluding carboxylic acids is 1. The highest BCUT2D eigenvalue weighted by Gasteiger charge is 2.32. The Balaban J connectivity index is 1.55. The fourth-order valence-corrected chi connectivity index (χ4v) is 3.89. The van der Waals surface area contributed by atoms with E-state index in [1.807, 2.05) is 0 Å². The van der Waals surface area contributed by atoms with Crippen LogP contribution in [0, 0.1) is 5.92 Å². The van der Waals surface area contributed by atoms with Gasteiger partial charge in [-0.25, -0.2) is 4.79 Å². The summed E-state index contributed by atoms with van der Waals surface area (Å²) in [5.41, 5.74) is 2.61. The molecule has 0 aromatic heterocycles. The first-order chi connectivity index (χ1) is 12.4. The molecule has 6 nitrogen and oxygen atoms in total. The van der Waals surface area contributed by atoms with Crippen LogP contribution >= 0.6 is 0 Å². The zero-order chi connectivity index (χ0) is 18.7. The van der Waals surface area contributed by atoms with E-state index in [0.29, 0.717) is 26.1 Å². The Morgan fingerprint density at radius 3 is 2.69 bits per heavy atom. The van der Waals surface area contributed by atoms with E-state index in [1.165, 1.54) is 11.1 Å². The van der Waals surface area contributed by atoms with Crippen LogP contribution < -0.4 is 5.32 Å². The number of fused-ring (bicyclic) bond motifs is 1. The lowest BCUT2D eigenvalue weighted by Crippen LogP contribution is -2.55. The van der Waals surface area contributed by atoms with Crippen LogP contribution in [0.1, 0.15) is 37.8 Å². The monoisotopic (exact) mass is 359 g/mol. The molecule has 2 aliphatic heterocycles. The lowest BCUT2D eigenvalue weighted by Gasteiger charge is -2.42. The maximum atomic E-state index is 12.5. The highest BCUT2D eigenvalue weighted by molar-refractivity contribution is 5.76. The van der Waals surface area contributed by atoms with Crippen molar-refractivity contribution in [1.82, 2.24) is 15.1 Å². The van der Waals surface area contributed by atoms with E-state index in [1.54, 1.807) is 4.90 Å². The van der Waals surface area contributed by atoms with Crippen molar-refractivity contribution in [3.63, 3.8) is 0 Å². The third kappa shape index (κ3) is 4.18. The molecule has 6 heteroatoms. The summed E-state index contributed by atoms with van der Waals surface area (Å²) >= 11 is 0. The molecule has 1 aromatic carbocycles. The number of hydrogen-bond acceptors (Lipinski definition) is 3. The van der Waals surface area contributed by atoms with Gasteiger partial charge in [0.1, 0.15) is 0 Å². The Labute approximate surface area is 155 Å². The topological polar surface area (TPSA) is 72.9 Å². The van der Waals surface area contributed by atoms with Crippen LogP contribution in [0.15, 0.2) is 24.3 Å². The van der Waals surface area contributed by atoms with E-state index in [0.717, 1.165) is 25.9 Å². The molecular weight excluding hydrogens is 330 g/mol. The van der Waals surface area contributed by atoms with E-state index in [9.17, 15) is 14.7 Å². The Morgan fingerprint density at radius 1 is 1.23 bits per heavy atom. The summed E-state index contributed by atoms with van der Waals surface area (Å²) in [6.45, 7) is 7.65. The summed E-state index contributed by atoms with van der Waals surface area (Å²) in [5.74, 6) is -1.25. The average Bonchev–Trinajstić information content (AvgIpc) is 2.65. The number of piperidine rings is 1. The molecule has 0 spiro atoms. The number of likely N-dealkylation sites (tertiary alicyclic amines) is 1. The third-order valence-corrected chi connectivity index (χ3v) is 5.72. The average molecular weight is 359 g/mol. The summed E-state index contributed by atoms with van der Waals surface area (Å²) in [6, 6.07) is 8.38. The van der Waals surface area contributed by atoms with Crippen molar-refractivity contribution in [3.8, 4) is 0 Å². The number of amides is 2. The van der Waals surface area contributed by atoms with Gasteiger partial charge in [0.05, 0.1) is 5.92 Å². The van der Waals surface area contributed by atoms with Crippen molar-refractivity contribution in [3.05, 3.63) is 35.4 Å². The second-order valence-electron chi connectivity index (χ2n) is 8.03. The number of carbonyl (C=O) groups is 2. The van der Waals surface area contributed by atoms with Crippen LogP contribution in [0.3, 0.4) is 0 Å². The van der Waals surface area contributed by atoms with Crippen molar-refractivity contribution in [2.45, 2.75) is 45.2 Å². The third-order valence-electron chi connectivity index (χ3n) is 5.72. The van der Waals surface area contributed by atoms with Crippen LogP contribution in [0.5, 0.6) is 0 Å². The molecule has 1 saturated heterocycles. The van der Waals surface area contributed by atoms with Gasteiger partial charge in [0, 0.05) is 38.3 Å². The fraction of sp³-hybridized carbons (Fsp3) is 0.600. The lowest BCUT2D eigenvalue weighted by atomic mass is 9.94. The maximum Gasteiger partial charge on any atom is 0.317 e. The maximum absolute atomic E-state index is 12.5. The van der Waals surface area contributed by atoms with Gasteiger partial charge >= 0.3 is 12.0 Å². The molecule has 2 aliphatic rings. The number of carboxylic acid groups (broad SMARTS) is 1. The van der Waals surface area contributed by atoms with Gasteiger partial charge in [0.15, 0.2) is 0 Å². The number of rotatable bonds is 4. The lowest BCUT2D eigenvalue weighted by molar-refractivity contribution is -0.143. The molecular formula is C20H29N3O3. The molecule has 26 heavy (non-hydrogen) atoms. The Hall–Kier alpha value is -2.08. The first-order valence-corrected chi connectivity index (χ1v) is 9.44. The van der Waals surface area contributed by atoms with Crippen LogP contribution in [0.25, 0.3) is 0 Å². The molecule has 1 atom stereocenters. The molecule has 2 heterocycles. The standard InChI is InChI=1S/C20H29N3O3/c1-20(2,23-11-9-15-6-3-4-7-16(15)13-23)14-21-19(26)22-10-5-8-17(12-22)18(24)25/h3-4,6-7,17H,5,8-14H2,1-2H3,(H,21,26)(H,24,25). The quantitative estimate of drug-likeness (QED) is 0.865. The number of urea groups is 1. The largest absolute Gasteiger partial charge is 0.481 e. The minimum atomic E-state index is -0.810. The van der Waals surface area contributed by atoms with Crippen LogP contribution in [-0.4, -0.2) is 58.6 Å². The van der Waals surface area contributed by atoms with Crippen LogP contribution in [0.2, 0.25) is 0 Å². The predicted octanol–water partition coefficient (Wildman–Crippen LogP) is 2.33. The van der Waals surface area contributed by atoms with E-state index in [4.69, 9.17) is 0 Å². The molecule has 0 saturated carbocycles. The minimum absolute atomic E-state index is 0.151. The van der Waals surface area contributed by atoms with Crippen molar-refractivity contribution in [2.24, 2.45) is 5.92 Å². The number of benzene rings is 1. The Kier molecular flexibility index (Phi) is 5.51. The van der Waals surface area contributed by atoms with Gasteiger partial charge in [-0.3, -0.25) is 9.69 Å². The summed E-state index contributed by atoms with van der Waals surface area (Å²) in [6.07, 6.45) is 2.43. The molecule has 1 unspecified atom stereocenters. The molecule has 2 N–H and O–H groups in total.